The molecule has 0 N–H and O–H groups in total. The minimum atomic E-state index is 0.265. The maximum Gasteiger partial charge on any atom is 0.161 e. The number of benzene rings is 2. The van der Waals surface area contributed by atoms with E-state index in [-0.39, 0.29) is 6.10 Å². The lowest BCUT2D eigenvalue weighted by Crippen LogP contribution is -2.34. The zero-order valence-corrected chi connectivity index (χ0v) is 17.5. The zero-order chi connectivity index (χ0) is 19.8. The summed E-state index contributed by atoms with van der Waals surface area (Å²) in [5, 5.41) is 0. The molecule has 0 aromatic heterocycles. The molecular formula is C25H31NO3. The van der Waals surface area contributed by atoms with Crippen molar-refractivity contribution in [3.63, 3.8) is 0 Å². The van der Waals surface area contributed by atoms with Gasteiger partial charge in [-0.3, -0.25) is 4.90 Å². The van der Waals surface area contributed by atoms with Crippen LogP contribution in [0.15, 0.2) is 42.5 Å². The number of likely N-dealkylation sites (tertiary alicyclic amines) is 1. The number of epoxide rings is 1. The van der Waals surface area contributed by atoms with Crippen molar-refractivity contribution >= 4 is 0 Å². The topological polar surface area (TPSA) is 34.2 Å². The van der Waals surface area contributed by atoms with Gasteiger partial charge in [-0.1, -0.05) is 30.3 Å². The van der Waals surface area contributed by atoms with Gasteiger partial charge in [-0.2, -0.15) is 0 Å². The van der Waals surface area contributed by atoms with Gasteiger partial charge in [-0.25, -0.2) is 0 Å². The molecule has 0 radical (unpaired) electrons. The fraction of sp³-hybridized carbons (Fsp3) is 0.520. The van der Waals surface area contributed by atoms with E-state index in [2.05, 4.69) is 47.4 Å². The molecule has 2 heterocycles. The molecular weight excluding hydrogens is 362 g/mol. The van der Waals surface area contributed by atoms with Crippen molar-refractivity contribution in [2.45, 2.75) is 44.4 Å². The molecule has 3 atom stereocenters. The van der Waals surface area contributed by atoms with Crippen LogP contribution >= 0.6 is 0 Å². The molecule has 0 bridgehead atoms. The number of hydrogen-bond donors (Lipinski definition) is 0. The summed E-state index contributed by atoms with van der Waals surface area (Å²) in [6, 6.07) is 15.1. The number of fused-ring (bicyclic) bond motifs is 3. The Kier molecular flexibility index (Phi) is 5.23. The fourth-order valence-corrected chi connectivity index (χ4v) is 5.38. The molecule has 0 saturated carbocycles. The van der Waals surface area contributed by atoms with Gasteiger partial charge in [-0.15, -0.1) is 0 Å². The van der Waals surface area contributed by atoms with Crippen LogP contribution in [0.1, 0.15) is 42.1 Å². The molecule has 4 heteroatoms. The van der Waals surface area contributed by atoms with Gasteiger partial charge in [0, 0.05) is 6.54 Å². The van der Waals surface area contributed by atoms with E-state index in [9.17, 15) is 0 Å². The average Bonchev–Trinajstić information content (AvgIpc) is 3.56. The fourth-order valence-electron chi connectivity index (χ4n) is 5.38. The van der Waals surface area contributed by atoms with Crippen molar-refractivity contribution in [2.24, 2.45) is 11.8 Å². The monoisotopic (exact) mass is 393 g/mol. The van der Waals surface area contributed by atoms with Crippen LogP contribution in [-0.4, -0.2) is 38.3 Å². The van der Waals surface area contributed by atoms with Crippen molar-refractivity contribution in [2.75, 3.05) is 27.3 Å². The van der Waals surface area contributed by atoms with Crippen LogP contribution < -0.4 is 9.47 Å². The van der Waals surface area contributed by atoms with Gasteiger partial charge in [0.1, 0.15) is 6.10 Å². The van der Waals surface area contributed by atoms with Crippen LogP contribution in [0, 0.1) is 11.8 Å². The molecule has 154 valence electrons. The summed E-state index contributed by atoms with van der Waals surface area (Å²) in [4.78, 5) is 2.61. The Morgan fingerprint density at radius 1 is 1.00 bits per heavy atom. The van der Waals surface area contributed by atoms with Crippen molar-refractivity contribution in [1.82, 2.24) is 4.90 Å². The summed E-state index contributed by atoms with van der Waals surface area (Å²) in [6.45, 7) is 3.51. The Labute approximate surface area is 173 Å². The maximum absolute atomic E-state index is 6.12. The third-order valence-electron chi connectivity index (χ3n) is 7.02. The number of rotatable bonds is 6. The highest BCUT2D eigenvalue weighted by Crippen LogP contribution is 2.53. The molecule has 2 saturated heterocycles. The molecule has 2 aromatic carbocycles. The quantitative estimate of drug-likeness (QED) is 0.671. The molecule has 0 spiro atoms. The van der Waals surface area contributed by atoms with Crippen molar-refractivity contribution in [1.29, 1.82) is 0 Å². The Morgan fingerprint density at radius 3 is 2.45 bits per heavy atom. The lowest BCUT2D eigenvalue weighted by molar-refractivity contribution is 0.153. The first kappa shape index (κ1) is 19.0. The first-order chi connectivity index (χ1) is 14.2. The summed E-state index contributed by atoms with van der Waals surface area (Å²) >= 11 is 0. The van der Waals surface area contributed by atoms with E-state index in [0.717, 1.165) is 30.4 Å². The second-order valence-corrected chi connectivity index (χ2v) is 8.83. The van der Waals surface area contributed by atoms with E-state index in [1.54, 1.807) is 14.2 Å². The minimum Gasteiger partial charge on any atom is -0.493 e. The second-order valence-electron chi connectivity index (χ2n) is 8.83. The van der Waals surface area contributed by atoms with E-state index in [1.807, 2.05) is 0 Å². The summed E-state index contributed by atoms with van der Waals surface area (Å²) in [7, 11) is 3.41. The smallest absolute Gasteiger partial charge is 0.161 e. The van der Waals surface area contributed by atoms with Crippen molar-refractivity contribution in [3.8, 4) is 11.5 Å². The van der Waals surface area contributed by atoms with Crippen molar-refractivity contribution in [3.05, 3.63) is 59.2 Å². The summed E-state index contributed by atoms with van der Waals surface area (Å²) in [5.74, 6) is 3.10. The van der Waals surface area contributed by atoms with E-state index in [4.69, 9.17) is 14.2 Å². The number of hydrogen-bond acceptors (Lipinski definition) is 4. The van der Waals surface area contributed by atoms with Gasteiger partial charge in [-0.05, 0) is 79.4 Å². The Bertz CT molecular complexity index is 845. The number of nitrogens with zero attached hydrogens (tertiary/aromatic N) is 1. The second kappa shape index (κ2) is 8.00. The minimum absolute atomic E-state index is 0.265. The molecule has 2 aliphatic heterocycles. The van der Waals surface area contributed by atoms with Gasteiger partial charge in [0.2, 0.25) is 0 Å². The summed E-state index contributed by atoms with van der Waals surface area (Å²) in [6.07, 6.45) is 5.67. The van der Waals surface area contributed by atoms with Gasteiger partial charge in [0.15, 0.2) is 11.5 Å². The van der Waals surface area contributed by atoms with Crippen molar-refractivity contribution < 1.29 is 14.2 Å². The van der Waals surface area contributed by atoms with Crippen LogP contribution in [0.2, 0.25) is 0 Å². The van der Waals surface area contributed by atoms with Gasteiger partial charge < -0.3 is 14.2 Å². The summed E-state index contributed by atoms with van der Waals surface area (Å²) in [5.41, 5.74) is 4.11. The molecule has 5 rings (SSSR count). The van der Waals surface area contributed by atoms with E-state index < -0.39 is 0 Å². The normalized spacial score (nSPS) is 26.5. The van der Waals surface area contributed by atoms with E-state index >= 15 is 0 Å². The van der Waals surface area contributed by atoms with Crippen LogP contribution in [0.25, 0.3) is 0 Å². The molecule has 1 aliphatic carbocycles. The third kappa shape index (κ3) is 3.88. The predicted molar refractivity (Wildman–Crippen MR) is 113 cm³/mol. The summed E-state index contributed by atoms with van der Waals surface area (Å²) < 4.78 is 17.1. The molecule has 4 nitrogen and oxygen atoms in total. The number of methoxy groups -OCH3 is 2. The predicted octanol–water partition coefficient (Wildman–Crippen LogP) is 4.62. The van der Waals surface area contributed by atoms with Gasteiger partial charge in [0.05, 0.1) is 20.3 Å². The SMILES string of the molecule is COc1cc2c(cc1OC)C1OC1C(CC1CCN(Cc3ccccc3)CC1)C2. The maximum atomic E-state index is 6.12. The first-order valence-electron chi connectivity index (χ1n) is 10.9. The van der Waals surface area contributed by atoms with Crippen LogP contribution in [0.3, 0.4) is 0 Å². The molecule has 2 fully saturated rings. The highest BCUT2D eigenvalue weighted by atomic mass is 16.6. The number of piperidine rings is 1. The number of ether oxygens (including phenoxy) is 3. The first-order valence-corrected chi connectivity index (χ1v) is 10.9. The Hall–Kier alpha value is -2.04. The Balaban J connectivity index is 1.19. The van der Waals surface area contributed by atoms with Crippen LogP contribution in [0.5, 0.6) is 11.5 Å². The van der Waals surface area contributed by atoms with Crippen LogP contribution in [-0.2, 0) is 17.7 Å². The van der Waals surface area contributed by atoms with Crippen LogP contribution in [0.4, 0.5) is 0 Å². The third-order valence-corrected chi connectivity index (χ3v) is 7.02. The lowest BCUT2D eigenvalue weighted by atomic mass is 9.77. The lowest BCUT2D eigenvalue weighted by Gasteiger charge is -2.34. The Morgan fingerprint density at radius 2 is 1.72 bits per heavy atom. The highest BCUT2D eigenvalue weighted by molar-refractivity contribution is 5.50. The highest BCUT2D eigenvalue weighted by Gasteiger charge is 2.50. The zero-order valence-electron chi connectivity index (χ0n) is 17.5. The molecule has 3 unspecified atom stereocenters. The molecule has 2 aromatic rings. The average molecular weight is 394 g/mol. The molecule has 29 heavy (non-hydrogen) atoms. The molecule has 3 aliphatic rings. The van der Waals surface area contributed by atoms with Gasteiger partial charge in [0.25, 0.3) is 0 Å². The van der Waals surface area contributed by atoms with E-state index in [0.29, 0.717) is 12.0 Å². The van der Waals surface area contributed by atoms with E-state index in [1.165, 1.54) is 49.0 Å². The standard InChI is InChI=1S/C25H31NO3/c1-27-22-14-19-13-20(24-25(29-24)21(19)15-23(22)28-2)12-17-8-10-26(11-9-17)16-18-6-4-3-5-7-18/h3-7,14-15,17,20,24-25H,8-13,16H2,1-2H3. The van der Waals surface area contributed by atoms with Gasteiger partial charge >= 0.3 is 0 Å². The molecule has 0 amide bonds. The largest absolute Gasteiger partial charge is 0.493 e.